The van der Waals surface area contributed by atoms with Crippen molar-refractivity contribution in [2.45, 2.75) is 22.6 Å². The van der Waals surface area contributed by atoms with E-state index in [-0.39, 0.29) is 0 Å². The van der Waals surface area contributed by atoms with Gasteiger partial charge in [0.1, 0.15) is 5.82 Å². The first-order valence-electron chi connectivity index (χ1n) is 4.36. The van der Waals surface area contributed by atoms with Gasteiger partial charge in [0.2, 0.25) is 0 Å². The van der Waals surface area contributed by atoms with Crippen LogP contribution >= 0.6 is 34.6 Å². The van der Waals surface area contributed by atoms with Crippen molar-refractivity contribution in [3.05, 3.63) is 22.1 Å². The minimum atomic E-state index is 0.748. The molecule has 0 spiro atoms. The van der Waals surface area contributed by atoms with Crippen LogP contribution in [0.4, 0.5) is 0 Å². The van der Waals surface area contributed by atoms with Gasteiger partial charge in [0.15, 0.2) is 10.6 Å². The molecule has 15 heavy (non-hydrogen) atoms. The average molecular weight is 256 g/mol. The van der Waals surface area contributed by atoms with Crippen LogP contribution in [-0.4, -0.2) is 15.6 Å². The van der Waals surface area contributed by atoms with Gasteiger partial charge in [0.05, 0.1) is 4.88 Å². The molecule has 0 aromatic carbocycles. The average Bonchev–Trinajstić information content (AvgIpc) is 2.87. The molecule has 0 fully saturated rings. The summed E-state index contributed by atoms with van der Waals surface area (Å²) >= 11 is 4.41. The van der Waals surface area contributed by atoms with Gasteiger partial charge in [-0.05, 0) is 17.6 Å². The minimum Gasteiger partial charge on any atom is -0.297 e. The lowest BCUT2D eigenvalue weighted by molar-refractivity contribution is 0.112. The number of thiophene rings is 1. The van der Waals surface area contributed by atoms with Gasteiger partial charge in [0.25, 0.3) is 0 Å². The molecule has 0 atom stereocenters. The molecule has 2 aromatic heterocycles. The molecule has 0 unspecified atom stereocenters. The van der Waals surface area contributed by atoms with Crippen LogP contribution in [-0.2, 0) is 6.42 Å². The molecule has 2 aromatic rings. The van der Waals surface area contributed by atoms with Crippen molar-refractivity contribution in [1.82, 2.24) is 9.36 Å². The van der Waals surface area contributed by atoms with Crippen LogP contribution < -0.4 is 0 Å². The zero-order chi connectivity index (χ0) is 10.7. The maximum atomic E-state index is 10.5. The Kier molecular flexibility index (Phi) is 3.50. The fraction of sp³-hybridized carbons (Fsp3) is 0.222. The topological polar surface area (TPSA) is 42.9 Å². The molecule has 0 amide bonds. The summed E-state index contributed by atoms with van der Waals surface area (Å²) in [7, 11) is 0. The van der Waals surface area contributed by atoms with E-state index in [4.69, 9.17) is 0 Å². The Balaban J connectivity index is 2.10. The molecule has 0 saturated heterocycles. The first-order chi connectivity index (χ1) is 7.31. The molecular weight excluding hydrogens is 248 g/mol. The van der Waals surface area contributed by atoms with Crippen LogP contribution in [0.2, 0.25) is 0 Å². The van der Waals surface area contributed by atoms with Crippen molar-refractivity contribution < 1.29 is 4.79 Å². The molecule has 78 valence electrons. The van der Waals surface area contributed by atoms with Gasteiger partial charge in [0, 0.05) is 16.7 Å². The number of hydrogen-bond donors (Lipinski definition) is 0. The smallest absolute Gasteiger partial charge is 0.174 e. The van der Waals surface area contributed by atoms with E-state index in [1.165, 1.54) is 22.9 Å². The Bertz CT molecular complexity index is 463. The molecule has 0 aliphatic heterocycles. The van der Waals surface area contributed by atoms with E-state index in [0.717, 1.165) is 32.6 Å². The highest BCUT2D eigenvalue weighted by Gasteiger charge is 2.06. The molecule has 0 bridgehead atoms. The summed E-state index contributed by atoms with van der Waals surface area (Å²) < 4.78 is 5.13. The molecule has 0 saturated carbocycles. The first-order valence-corrected chi connectivity index (χ1v) is 6.83. The summed E-state index contributed by atoms with van der Waals surface area (Å²) in [5, 5.41) is 1.96. The first kappa shape index (κ1) is 10.8. The van der Waals surface area contributed by atoms with E-state index < -0.39 is 0 Å². The number of aryl methyl sites for hydroxylation is 1. The number of carbonyl (C=O) groups excluding carboxylic acids is 1. The zero-order valence-electron chi connectivity index (χ0n) is 7.97. The van der Waals surface area contributed by atoms with Crippen LogP contribution in [0.1, 0.15) is 22.4 Å². The number of aldehydes is 1. The van der Waals surface area contributed by atoms with Gasteiger partial charge in [-0.1, -0.05) is 18.7 Å². The third-order valence-corrected chi connectivity index (χ3v) is 4.45. The van der Waals surface area contributed by atoms with Crippen molar-refractivity contribution >= 4 is 40.9 Å². The third kappa shape index (κ3) is 2.64. The Labute approximate surface area is 99.7 Å². The maximum absolute atomic E-state index is 10.5. The third-order valence-electron chi connectivity index (χ3n) is 1.68. The lowest BCUT2D eigenvalue weighted by atomic mass is 10.5. The van der Waals surface area contributed by atoms with Gasteiger partial charge < -0.3 is 0 Å². The quantitative estimate of drug-likeness (QED) is 0.788. The van der Waals surface area contributed by atoms with Crippen molar-refractivity contribution in [3.63, 3.8) is 0 Å². The molecular formula is C9H8N2OS3. The van der Waals surface area contributed by atoms with E-state index in [9.17, 15) is 4.79 Å². The van der Waals surface area contributed by atoms with Crippen molar-refractivity contribution in [2.24, 2.45) is 0 Å². The second kappa shape index (κ2) is 4.87. The van der Waals surface area contributed by atoms with Gasteiger partial charge in [-0.3, -0.25) is 4.79 Å². The van der Waals surface area contributed by atoms with Crippen LogP contribution in [0.5, 0.6) is 0 Å². The zero-order valence-corrected chi connectivity index (χ0v) is 10.4. The molecule has 2 rings (SSSR count). The number of nitrogens with zero attached hydrogens (tertiary/aromatic N) is 2. The Hall–Kier alpha value is -0.720. The van der Waals surface area contributed by atoms with Crippen LogP contribution in [0.15, 0.2) is 20.7 Å². The molecule has 0 N–H and O–H groups in total. The van der Waals surface area contributed by atoms with Crippen LogP contribution in [0, 0.1) is 0 Å². The van der Waals surface area contributed by atoms with Crippen molar-refractivity contribution in [2.75, 3.05) is 0 Å². The SMILES string of the molecule is CCc1nsc(Sc2csc(C=O)c2)n1. The monoisotopic (exact) mass is 256 g/mol. The number of rotatable bonds is 4. The van der Waals surface area contributed by atoms with Crippen molar-refractivity contribution in [1.29, 1.82) is 0 Å². The highest BCUT2D eigenvalue weighted by molar-refractivity contribution is 8.01. The van der Waals surface area contributed by atoms with Gasteiger partial charge in [-0.25, -0.2) is 4.98 Å². The molecule has 3 nitrogen and oxygen atoms in total. The summed E-state index contributed by atoms with van der Waals surface area (Å²) in [4.78, 5) is 16.6. The van der Waals surface area contributed by atoms with E-state index in [0.29, 0.717) is 0 Å². The summed E-state index contributed by atoms with van der Waals surface area (Å²) in [6, 6.07) is 1.87. The highest BCUT2D eigenvalue weighted by atomic mass is 32.2. The summed E-state index contributed by atoms with van der Waals surface area (Å²) in [5.74, 6) is 0.883. The minimum absolute atomic E-state index is 0.748. The second-order valence-electron chi connectivity index (χ2n) is 2.73. The summed E-state index contributed by atoms with van der Waals surface area (Å²) in [6.07, 6.45) is 1.73. The Morgan fingerprint density at radius 3 is 3.07 bits per heavy atom. The standard InChI is InChI=1S/C9H8N2OS3/c1-2-8-10-9(15-11-8)14-7-3-6(4-12)13-5-7/h3-5H,2H2,1H3. The van der Waals surface area contributed by atoms with E-state index in [2.05, 4.69) is 9.36 Å². The highest BCUT2D eigenvalue weighted by Crippen LogP contribution is 2.31. The van der Waals surface area contributed by atoms with E-state index in [1.807, 2.05) is 18.4 Å². The normalized spacial score (nSPS) is 10.5. The van der Waals surface area contributed by atoms with Crippen molar-refractivity contribution in [3.8, 4) is 0 Å². The number of carbonyl (C=O) groups is 1. The molecule has 0 aliphatic carbocycles. The predicted molar refractivity (Wildman–Crippen MR) is 63.1 cm³/mol. The van der Waals surface area contributed by atoms with Crippen LogP contribution in [0.25, 0.3) is 0 Å². The maximum Gasteiger partial charge on any atom is 0.174 e. The predicted octanol–water partition coefficient (Wildman–Crippen LogP) is 3.13. The number of hydrogen-bond acceptors (Lipinski definition) is 6. The van der Waals surface area contributed by atoms with Gasteiger partial charge in [-0.15, -0.1) is 11.3 Å². The fourth-order valence-corrected chi connectivity index (χ4v) is 3.54. The molecule has 6 heteroatoms. The van der Waals surface area contributed by atoms with Crippen LogP contribution in [0.3, 0.4) is 0 Å². The Morgan fingerprint density at radius 1 is 1.60 bits per heavy atom. The summed E-state index contributed by atoms with van der Waals surface area (Å²) in [6.45, 7) is 2.03. The number of aromatic nitrogens is 2. The van der Waals surface area contributed by atoms with E-state index >= 15 is 0 Å². The van der Waals surface area contributed by atoms with Gasteiger partial charge >= 0.3 is 0 Å². The molecule has 2 heterocycles. The van der Waals surface area contributed by atoms with Gasteiger partial charge in [-0.2, -0.15) is 4.37 Å². The molecule has 0 aliphatic rings. The molecule has 0 radical (unpaired) electrons. The lowest BCUT2D eigenvalue weighted by Gasteiger charge is -1.88. The second-order valence-corrected chi connectivity index (χ2v) is 5.75. The fourth-order valence-electron chi connectivity index (χ4n) is 0.973. The lowest BCUT2D eigenvalue weighted by Crippen LogP contribution is -1.80. The Morgan fingerprint density at radius 2 is 2.47 bits per heavy atom. The summed E-state index contributed by atoms with van der Waals surface area (Å²) in [5.41, 5.74) is 0. The van der Waals surface area contributed by atoms with E-state index in [1.54, 1.807) is 11.8 Å². The largest absolute Gasteiger partial charge is 0.297 e.